The van der Waals surface area contributed by atoms with E-state index in [1.54, 1.807) is 7.11 Å². The van der Waals surface area contributed by atoms with Gasteiger partial charge in [-0.1, -0.05) is 13.8 Å². The number of hydrogen-bond acceptors (Lipinski definition) is 3. The van der Waals surface area contributed by atoms with Crippen LogP contribution in [0.2, 0.25) is 0 Å². The lowest BCUT2D eigenvalue weighted by Crippen LogP contribution is -2.16. The van der Waals surface area contributed by atoms with Crippen LogP contribution in [0.15, 0.2) is 24.3 Å². The summed E-state index contributed by atoms with van der Waals surface area (Å²) in [6.07, 6.45) is 2.62. The Kier molecular flexibility index (Phi) is 3.62. The molecule has 3 heteroatoms. The Morgan fingerprint density at radius 2 is 2.10 bits per heavy atom. The van der Waals surface area contributed by atoms with Crippen LogP contribution in [0.1, 0.15) is 43.9 Å². The molecule has 0 saturated heterocycles. The number of hydrogen-bond donors (Lipinski definition) is 1. The number of pyridine rings is 1. The predicted octanol–water partition coefficient (Wildman–Crippen LogP) is 3.62. The number of nitrogens with one attached hydrogen (secondary N) is 1. The molecular weight excluding hydrogens is 248 g/mol. The van der Waals surface area contributed by atoms with Crippen LogP contribution in [0.3, 0.4) is 0 Å². The van der Waals surface area contributed by atoms with Crippen molar-refractivity contribution in [1.82, 2.24) is 10.3 Å². The van der Waals surface area contributed by atoms with E-state index in [1.165, 1.54) is 23.8 Å². The average Bonchev–Trinajstić information content (AvgIpc) is 3.28. The first-order chi connectivity index (χ1) is 9.67. The molecule has 1 aromatic carbocycles. The molecule has 1 aromatic heterocycles. The Balaban J connectivity index is 2.04. The van der Waals surface area contributed by atoms with E-state index in [4.69, 9.17) is 9.72 Å². The van der Waals surface area contributed by atoms with E-state index in [-0.39, 0.29) is 0 Å². The first-order valence-electron chi connectivity index (χ1n) is 7.38. The van der Waals surface area contributed by atoms with Crippen LogP contribution in [-0.4, -0.2) is 18.1 Å². The maximum Gasteiger partial charge on any atom is 0.119 e. The molecule has 0 spiro atoms. The summed E-state index contributed by atoms with van der Waals surface area (Å²) in [5.41, 5.74) is 3.55. The van der Waals surface area contributed by atoms with Gasteiger partial charge in [0.1, 0.15) is 5.75 Å². The third-order valence-corrected chi connectivity index (χ3v) is 3.87. The van der Waals surface area contributed by atoms with Crippen molar-refractivity contribution in [2.24, 2.45) is 0 Å². The number of fused-ring (bicyclic) bond motifs is 1. The van der Waals surface area contributed by atoms with Gasteiger partial charge in [-0.25, -0.2) is 0 Å². The molecule has 0 unspecified atom stereocenters. The number of benzene rings is 1. The summed E-state index contributed by atoms with van der Waals surface area (Å²) in [5.74, 6) is 1.34. The second kappa shape index (κ2) is 5.41. The van der Waals surface area contributed by atoms with Crippen molar-refractivity contribution in [3.63, 3.8) is 0 Å². The van der Waals surface area contributed by atoms with Crippen molar-refractivity contribution in [2.75, 3.05) is 7.11 Å². The lowest BCUT2D eigenvalue weighted by molar-refractivity contribution is 0.415. The molecule has 2 aromatic rings. The molecule has 1 heterocycles. The number of methoxy groups -OCH3 is 1. The molecule has 1 aliphatic carbocycles. The third-order valence-electron chi connectivity index (χ3n) is 3.87. The highest BCUT2D eigenvalue weighted by atomic mass is 16.5. The van der Waals surface area contributed by atoms with E-state index in [9.17, 15) is 0 Å². The van der Waals surface area contributed by atoms with E-state index in [2.05, 4.69) is 37.4 Å². The third kappa shape index (κ3) is 2.78. The topological polar surface area (TPSA) is 34.1 Å². The first kappa shape index (κ1) is 13.4. The summed E-state index contributed by atoms with van der Waals surface area (Å²) in [4.78, 5) is 4.77. The van der Waals surface area contributed by atoms with Crippen LogP contribution in [0, 0.1) is 0 Å². The molecule has 106 valence electrons. The summed E-state index contributed by atoms with van der Waals surface area (Å²) in [5, 5.41) is 4.80. The molecule has 20 heavy (non-hydrogen) atoms. The van der Waals surface area contributed by atoms with Crippen molar-refractivity contribution in [1.29, 1.82) is 0 Å². The van der Waals surface area contributed by atoms with Gasteiger partial charge >= 0.3 is 0 Å². The summed E-state index contributed by atoms with van der Waals surface area (Å²) < 4.78 is 5.34. The maximum atomic E-state index is 5.34. The molecule has 1 N–H and O–H groups in total. The molecule has 0 amide bonds. The molecule has 0 aliphatic heterocycles. The highest BCUT2D eigenvalue weighted by molar-refractivity contribution is 5.84. The molecule has 0 atom stereocenters. The van der Waals surface area contributed by atoms with Gasteiger partial charge in [0, 0.05) is 23.7 Å². The maximum absolute atomic E-state index is 5.34. The Bertz CT molecular complexity index is 618. The van der Waals surface area contributed by atoms with Crippen LogP contribution in [-0.2, 0) is 6.54 Å². The van der Waals surface area contributed by atoms with Gasteiger partial charge in [0.2, 0.25) is 0 Å². The summed E-state index contributed by atoms with van der Waals surface area (Å²) in [6.45, 7) is 5.29. The zero-order valence-corrected chi connectivity index (χ0v) is 12.4. The van der Waals surface area contributed by atoms with E-state index < -0.39 is 0 Å². The Labute approximate surface area is 120 Å². The van der Waals surface area contributed by atoms with Gasteiger partial charge in [-0.05, 0) is 48.6 Å². The van der Waals surface area contributed by atoms with Crippen LogP contribution >= 0.6 is 0 Å². The summed E-state index contributed by atoms with van der Waals surface area (Å²) >= 11 is 0. The molecule has 3 nitrogen and oxygen atoms in total. The van der Waals surface area contributed by atoms with Gasteiger partial charge in [-0.3, -0.25) is 4.98 Å². The smallest absolute Gasteiger partial charge is 0.119 e. The number of rotatable bonds is 5. The molecule has 0 bridgehead atoms. The fourth-order valence-electron chi connectivity index (χ4n) is 2.41. The molecule has 0 radical (unpaired) electrons. The SMILES string of the molecule is COc1ccc2nc(C(C)C)cc(CNC3CC3)c2c1. The fourth-order valence-corrected chi connectivity index (χ4v) is 2.41. The molecular formula is C17H22N2O. The van der Waals surface area contributed by atoms with Gasteiger partial charge < -0.3 is 10.1 Å². The minimum absolute atomic E-state index is 0.446. The van der Waals surface area contributed by atoms with Crippen LogP contribution in [0.4, 0.5) is 0 Å². The summed E-state index contributed by atoms with van der Waals surface area (Å²) in [7, 11) is 1.71. The predicted molar refractivity (Wildman–Crippen MR) is 82.2 cm³/mol. The normalized spacial score (nSPS) is 15.0. The average molecular weight is 270 g/mol. The van der Waals surface area contributed by atoms with Crippen LogP contribution in [0.5, 0.6) is 5.75 Å². The van der Waals surface area contributed by atoms with Crippen molar-refractivity contribution in [3.05, 3.63) is 35.5 Å². The zero-order chi connectivity index (χ0) is 14.1. The van der Waals surface area contributed by atoms with Crippen molar-refractivity contribution < 1.29 is 4.74 Å². The lowest BCUT2D eigenvalue weighted by atomic mass is 10.0. The van der Waals surface area contributed by atoms with Gasteiger partial charge in [-0.2, -0.15) is 0 Å². The zero-order valence-electron chi connectivity index (χ0n) is 12.4. The number of aromatic nitrogens is 1. The van der Waals surface area contributed by atoms with E-state index in [0.29, 0.717) is 12.0 Å². The molecule has 1 fully saturated rings. The number of ether oxygens (including phenoxy) is 1. The Hall–Kier alpha value is -1.61. The highest BCUT2D eigenvalue weighted by Gasteiger charge is 2.20. The minimum Gasteiger partial charge on any atom is -0.497 e. The van der Waals surface area contributed by atoms with Gasteiger partial charge in [0.15, 0.2) is 0 Å². The van der Waals surface area contributed by atoms with Gasteiger partial charge in [0.25, 0.3) is 0 Å². The molecule has 1 aliphatic rings. The fraction of sp³-hybridized carbons (Fsp3) is 0.471. The van der Waals surface area contributed by atoms with Crippen molar-refractivity contribution in [3.8, 4) is 5.75 Å². The van der Waals surface area contributed by atoms with Gasteiger partial charge in [0.05, 0.1) is 12.6 Å². The second-order valence-corrected chi connectivity index (χ2v) is 5.90. The molecule has 1 saturated carbocycles. The molecule has 3 rings (SSSR count). The lowest BCUT2D eigenvalue weighted by Gasteiger charge is -2.13. The number of nitrogens with zero attached hydrogens (tertiary/aromatic N) is 1. The Morgan fingerprint density at radius 3 is 2.75 bits per heavy atom. The van der Waals surface area contributed by atoms with E-state index in [0.717, 1.165) is 23.5 Å². The highest BCUT2D eigenvalue weighted by Crippen LogP contribution is 2.27. The first-order valence-corrected chi connectivity index (χ1v) is 7.38. The van der Waals surface area contributed by atoms with Gasteiger partial charge in [-0.15, -0.1) is 0 Å². The second-order valence-electron chi connectivity index (χ2n) is 5.90. The minimum atomic E-state index is 0.446. The van der Waals surface area contributed by atoms with Crippen molar-refractivity contribution >= 4 is 10.9 Å². The Morgan fingerprint density at radius 1 is 1.30 bits per heavy atom. The van der Waals surface area contributed by atoms with Crippen molar-refractivity contribution in [2.45, 2.75) is 45.2 Å². The monoisotopic (exact) mass is 270 g/mol. The van der Waals surface area contributed by atoms with Crippen LogP contribution < -0.4 is 10.1 Å². The van der Waals surface area contributed by atoms with Crippen LogP contribution in [0.25, 0.3) is 10.9 Å². The quantitative estimate of drug-likeness (QED) is 0.901. The van der Waals surface area contributed by atoms with E-state index >= 15 is 0 Å². The standard InChI is InChI=1S/C17H22N2O/c1-11(2)17-8-12(10-18-13-4-5-13)15-9-14(20-3)6-7-16(15)19-17/h6-9,11,13,18H,4-5,10H2,1-3H3. The largest absolute Gasteiger partial charge is 0.497 e. The van der Waals surface area contributed by atoms with E-state index in [1.807, 2.05) is 6.07 Å². The summed E-state index contributed by atoms with van der Waals surface area (Å²) in [6, 6.07) is 9.09.